The predicted molar refractivity (Wildman–Crippen MR) is 86.9 cm³/mol. The Balaban J connectivity index is 2.36. The lowest BCUT2D eigenvalue weighted by molar-refractivity contribution is -0.159. The van der Waals surface area contributed by atoms with Crippen LogP contribution in [-0.4, -0.2) is 25.8 Å². The zero-order valence-electron chi connectivity index (χ0n) is 14.3. The molecule has 0 aliphatic rings. The van der Waals surface area contributed by atoms with Gasteiger partial charge in [-0.25, -0.2) is 0 Å². The number of rotatable bonds is 9. The molecule has 0 aliphatic heterocycles. The van der Waals surface area contributed by atoms with Gasteiger partial charge in [-0.3, -0.25) is 4.79 Å². The van der Waals surface area contributed by atoms with Crippen LogP contribution >= 0.6 is 0 Å². The topological polar surface area (TPSA) is 44.8 Å². The fourth-order valence-electron chi connectivity index (χ4n) is 1.91. The lowest BCUT2D eigenvalue weighted by atomic mass is 9.85. The van der Waals surface area contributed by atoms with Gasteiger partial charge in [0, 0.05) is 0 Å². The summed E-state index contributed by atoms with van der Waals surface area (Å²) in [5.41, 5.74) is 0.668. The van der Waals surface area contributed by atoms with Crippen LogP contribution in [0.2, 0.25) is 0 Å². The van der Waals surface area contributed by atoms with Gasteiger partial charge in [-0.2, -0.15) is 0 Å². The smallest absolute Gasteiger partial charge is 0.311 e. The number of carbonyl (C=O) groups excluding carboxylic acids is 1. The summed E-state index contributed by atoms with van der Waals surface area (Å²) in [5.74, 6) is 0.682. The molecule has 4 nitrogen and oxygen atoms in total. The Bertz CT molecular complexity index is 449. The summed E-state index contributed by atoms with van der Waals surface area (Å²) in [7, 11) is 1.64. The van der Waals surface area contributed by atoms with E-state index < -0.39 is 5.41 Å². The third kappa shape index (κ3) is 5.34. The minimum Gasteiger partial charge on any atom is -0.497 e. The van der Waals surface area contributed by atoms with Gasteiger partial charge in [0.05, 0.1) is 25.2 Å². The molecule has 0 spiro atoms. The van der Waals surface area contributed by atoms with Gasteiger partial charge in [-0.1, -0.05) is 26.0 Å². The van der Waals surface area contributed by atoms with E-state index in [1.54, 1.807) is 7.11 Å². The van der Waals surface area contributed by atoms with Crippen molar-refractivity contribution in [2.24, 2.45) is 5.41 Å². The van der Waals surface area contributed by atoms with E-state index in [2.05, 4.69) is 0 Å². The molecule has 1 aromatic rings. The molecule has 0 saturated carbocycles. The van der Waals surface area contributed by atoms with Crippen LogP contribution in [0.3, 0.4) is 0 Å². The van der Waals surface area contributed by atoms with Gasteiger partial charge in [0.2, 0.25) is 0 Å². The fraction of sp³-hybridized carbons (Fsp3) is 0.611. The second-order valence-corrected chi connectivity index (χ2v) is 5.84. The van der Waals surface area contributed by atoms with Crippen LogP contribution in [0.1, 0.15) is 46.1 Å². The molecule has 0 saturated heterocycles. The van der Waals surface area contributed by atoms with E-state index in [0.717, 1.165) is 24.2 Å². The zero-order valence-corrected chi connectivity index (χ0v) is 14.3. The molecule has 0 amide bonds. The van der Waals surface area contributed by atoms with Crippen LogP contribution in [0.15, 0.2) is 24.3 Å². The largest absolute Gasteiger partial charge is 0.497 e. The van der Waals surface area contributed by atoms with Crippen LogP contribution in [0.5, 0.6) is 5.75 Å². The summed E-state index contributed by atoms with van der Waals surface area (Å²) < 4.78 is 16.2. The summed E-state index contributed by atoms with van der Waals surface area (Å²) in [6, 6.07) is 7.72. The van der Waals surface area contributed by atoms with Crippen molar-refractivity contribution in [2.45, 2.75) is 53.2 Å². The molecule has 0 heterocycles. The minimum atomic E-state index is -0.393. The molecule has 22 heavy (non-hydrogen) atoms. The van der Waals surface area contributed by atoms with Crippen molar-refractivity contribution in [1.82, 2.24) is 0 Å². The van der Waals surface area contributed by atoms with Gasteiger partial charge < -0.3 is 14.2 Å². The highest BCUT2D eigenvalue weighted by atomic mass is 16.6. The summed E-state index contributed by atoms with van der Waals surface area (Å²) in [4.78, 5) is 12.1. The molecule has 0 bridgehead atoms. The van der Waals surface area contributed by atoms with E-state index in [1.165, 1.54) is 0 Å². The molecule has 124 valence electrons. The van der Waals surface area contributed by atoms with Crippen LogP contribution in [-0.2, 0) is 20.9 Å². The number of ether oxygens (including phenoxy) is 3. The molecule has 1 aromatic carbocycles. The maximum absolute atomic E-state index is 12.1. The third-order valence-corrected chi connectivity index (χ3v) is 4.20. The zero-order chi connectivity index (χ0) is 16.6. The summed E-state index contributed by atoms with van der Waals surface area (Å²) in [6.45, 7) is 8.64. The van der Waals surface area contributed by atoms with Gasteiger partial charge in [0.25, 0.3) is 0 Å². The number of benzene rings is 1. The first kappa shape index (κ1) is 18.5. The highest BCUT2D eigenvalue weighted by Gasteiger charge is 2.31. The number of carbonyl (C=O) groups is 1. The second-order valence-electron chi connectivity index (χ2n) is 5.84. The molecule has 0 aromatic heterocycles. The van der Waals surface area contributed by atoms with Crippen LogP contribution in [0.4, 0.5) is 0 Å². The lowest BCUT2D eigenvalue weighted by Gasteiger charge is -2.25. The van der Waals surface area contributed by atoms with E-state index >= 15 is 0 Å². The number of hydrogen-bond acceptors (Lipinski definition) is 4. The first-order valence-electron chi connectivity index (χ1n) is 7.87. The van der Waals surface area contributed by atoms with Crippen molar-refractivity contribution in [2.75, 3.05) is 13.7 Å². The lowest BCUT2D eigenvalue weighted by Crippen LogP contribution is -2.31. The van der Waals surface area contributed by atoms with E-state index in [4.69, 9.17) is 14.2 Å². The van der Waals surface area contributed by atoms with Crippen molar-refractivity contribution in [1.29, 1.82) is 0 Å². The van der Waals surface area contributed by atoms with Crippen molar-refractivity contribution < 1.29 is 19.0 Å². The monoisotopic (exact) mass is 308 g/mol. The maximum atomic E-state index is 12.1. The SMILES string of the molecule is CCC(C)(CC)C(=O)OCC(C)OCc1ccc(OC)cc1. The molecule has 4 heteroatoms. The molecular formula is C18H28O4. The molecule has 0 N–H and O–H groups in total. The van der Waals surface area contributed by atoms with Crippen molar-refractivity contribution in [3.8, 4) is 5.75 Å². The van der Waals surface area contributed by atoms with Gasteiger partial charge >= 0.3 is 5.97 Å². The number of esters is 1. The van der Waals surface area contributed by atoms with Crippen LogP contribution < -0.4 is 4.74 Å². The van der Waals surface area contributed by atoms with E-state index in [-0.39, 0.29) is 18.7 Å². The summed E-state index contributed by atoms with van der Waals surface area (Å²) in [5, 5.41) is 0. The van der Waals surface area contributed by atoms with Gasteiger partial charge in [-0.15, -0.1) is 0 Å². The Morgan fingerprint density at radius 3 is 2.27 bits per heavy atom. The summed E-state index contributed by atoms with van der Waals surface area (Å²) in [6.07, 6.45) is 1.43. The molecular weight excluding hydrogens is 280 g/mol. The van der Waals surface area contributed by atoms with Crippen LogP contribution in [0.25, 0.3) is 0 Å². The van der Waals surface area contributed by atoms with Gasteiger partial charge in [-0.05, 0) is 44.4 Å². The fourth-order valence-corrected chi connectivity index (χ4v) is 1.91. The normalized spacial score (nSPS) is 12.8. The molecule has 1 atom stereocenters. The van der Waals surface area contributed by atoms with Gasteiger partial charge in [0.1, 0.15) is 12.4 Å². The standard InChI is InChI=1S/C18H28O4/c1-6-18(4,7-2)17(19)22-12-14(3)21-13-15-8-10-16(20-5)11-9-15/h8-11,14H,6-7,12-13H2,1-5H3. The van der Waals surface area contributed by atoms with Crippen molar-refractivity contribution in [3.63, 3.8) is 0 Å². The Morgan fingerprint density at radius 2 is 1.77 bits per heavy atom. The maximum Gasteiger partial charge on any atom is 0.311 e. The average Bonchev–Trinajstić information content (AvgIpc) is 2.57. The molecule has 0 fully saturated rings. The number of methoxy groups -OCH3 is 1. The highest BCUT2D eigenvalue weighted by molar-refractivity contribution is 5.76. The molecule has 0 aliphatic carbocycles. The van der Waals surface area contributed by atoms with E-state index in [1.807, 2.05) is 52.0 Å². The predicted octanol–water partition coefficient (Wildman–Crippen LogP) is 3.97. The first-order chi connectivity index (χ1) is 10.4. The number of hydrogen-bond donors (Lipinski definition) is 0. The molecule has 0 radical (unpaired) electrons. The highest BCUT2D eigenvalue weighted by Crippen LogP contribution is 2.27. The minimum absolute atomic E-state index is 0.135. The third-order valence-electron chi connectivity index (χ3n) is 4.20. The first-order valence-corrected chi connectivity index (χ1v) is 7.87. The summed E-state index contributed by atoms with van der Waals surface area (Å²) >= 11 is 0. The van der Waals surface area contributed by atoms with E-state index in [9.17, 15) is 4.79 Å². The molecule has 1 rings (SSSR count). The Kier molecular flexibility index (Phi) is 7.39. The quantitative estimate of drug-likeness (QED) is 0.648. The van der Waals surface area contributed by atoms with Gasteiger partial charge in [0.15, 0.2) is 0 Å². The second kappa shape index (κ2) is 8.79. The Hall–Kier alpha value is -1.55. The molecule has 1 unspecified atom stereocenters. The van der Waals surface area contributed by atoms with E-state index in [0.29, 0.717) is 6.61 Å². The van der Waals surface area contributed by atoms with Crippen molar-refractivity contribution >= 4 is 5.97 Å². The van der Waals surface area contributed by atoms with Crippen molar-refractivity contribution in [3.05, 3.63) is 29.8 Å². The Morgan fingerprint density at radius 1 is 1.18 bits per heavy atom. The van der Waals surface area contributed by atoms with Crippen LogP contribution in [0, 0.1) is 5.41 Å². The Labute approximate surface area is 133 Å². The average molecular weight is 308 g/mol.